The zero-order valence-corrected chi connectivity index (χ0v) is 13.9. The number of anilines is 1. The second-order valence-corrected chi connectivity index (χ2v) is 5.76. The van der Waals surface area contributed by atoms with Crippen molar-refractivity contribution in [2.45, 2.75) is 6.92 Å². The van der Waals surface area contributed by atoms with Gasteiger partial charge in [0, 0.05) is 17.4 Å². The number of hydrogen-bond donors (Lipinski definition) is 1. The summed E-state index contributed by atoms with van der Waals surface area (Å²) in [5.41, 5.74) is 3.15. The lowest BCUT2D eigenvalue weighted by Gasteiger charge is -2.11. The highest BCUT2D eigenvalue weighted by Gasteiger charge is 2.16. The molecule has 0 radical (unpaired) electrons. The third-order valence-corrected chi connectivity index (χ3v) is 4.10. The number of oxazole rings is 1. The maximum absolute atomic E-state index is 13.8. The van der Waals surface area contributed by atoms with Crippen LogP contribution in [0.2, 0.25) is 0 Å². The molecule has 0 aliphatic heterocycles. The zero-order chi connectivity index (χ0) is 18.1. The van der Waals surface area contributed by atoms with E-state index >= 15 is 0 Å². The molecule has 0 aliphatic rings. The Kier molecular flexibility index (Phi) is 3.93. The van der Waals surface area contributed by atoms with Gasteiger partial charge in [0.15, 0.2) is 11.2 Å². The lowest BCUT2D eigenvalue weighted by molar-refractivity contribution is 0.102. The molecular formula is C20H14FN3O2. The molecule has 0 aliphatic carbocycles. The van der Waals surface area contributed by atoms with Gasteiger partial charge in [-0.05, 0) is 48.9 Å². The van der Waals surface area contributed by atoms with E-state index in [9.17, 15) is 9.18 Å². The average Bonchev–Trinajstić information content (AvgIpc) is 3.07. The van der Waals surface area contributed by atoms with Crippen molar-refractivity contribution in [3.05, 3.63) is 77.7 Å². The molecule has 0 spiro atoms. The Bertz CT molecular complexity index is 1090. The largest absolute Gasteiger partial charge is 0.434 e. The van der Waals surface area contributed by atoms with E-state index in [1.165, 1.54) is 12.1 Å². The van der Waals surface area contributed by atoms with Gasteiger partial charge in [0.25, 0.3) is 5.91 Å². The van der Waals surface area contributed by atoms with Gasteiger partial charge in [-0.1, -0.05) is 18.2 Å². The molecule has 0 fully saturated rings. The van der Waals surface area contributed by atoms with Crippen LogP contribution in [0.1, 0.15) is 15.9 Å². The monoisotopic (exact) mass is 347 g/mol. The minimum Gasteiger partial charge on any atom is -0.434 e. The molecule has 0 unspecified atom stereocenters. The average molecular weight is 347 g/mol. The number of benzene rings is 2. The fourth-order valence-corrected chi connectivity index (χ4v) is 2.72. The number of halogens is 1. The molecule has 2 aromatic heterocycles. The van der Waals surface area contributed by atoms with Crippen LogP contribution < -0.4 is 5.32 Å². The molecule has 2 aromatic carbocycles. The summed E-state index contributed by atoms with van der Waals surface area (Å²) in [4.78, 5) is 20.9. The molecule has 0 bridgehead atoms. The fourth-order valence-electron chi connectivity index (χ4n) is 2.72. The molecule has 1 N–H and O–H groups in total. The van der Waals surface area contributed by atoms with Crippen LogP contribution in [0.4, 0.5) is 10.1 Å². The lowest BCUT2D eigenvalue weighted by Crippen LogP contribution is -2.14. The van der Waals surface area contributed by atoms with Gasteiger partial charge in [0.05, 0.1) is 5.56 Å². The summed E-state index contributed by atoms with van der Waals surface area (Å²) in [7, 11) is 0. The van der Waals surface area contributed by atoms with Crippen molar-refractivity contribution < 1.29 is 13.6 Å². The van der Waals surface area contributed by atoms with Crippen molar-refractivity contribution in [2.24, 2.45) is 0 Å². The molecule has 0 saturated carbocycles. The van der Waals surface area contributed by atoms with Crippen LogP contribution in [0.15, 0.2) is 65.2 Å². The molecular weight excluding hydrogens is 333 g/mol. The predicted octanol–water partition coefficient (Wildman–Crippen LogP) is 4.59. The summed E-state index contributed by atoms with van der Waals surface area (Å²) < 4.78 is 19.6. The van der Waals surface area contributed by atoms with E-state index in [1.54, 1.807) is 42.6 Å². The van der Waals surface area contributed by atoms with Gasteiger partial charge < -0.3 is 9.73 Å². The molecule has 0 saturated heterocycles. The first-order chi connectivity index (χ1) is 12.6. The van der Waals surface area contributed by atoms with Crippen LogP contribution in [-0.2, 0) is 0 Å². The Morgan fingerprint density at radius 2 is 1.92 bits per heavy atom. The molecule has 26 heavy (non-hydrogen) atoms. The third kappa shape index (κ3) is 2.82. The van der Waals surface area contributed by atoms with Crippen molar-refractivity contribution in [1.82, 2.24) is 9.97 Å². The van der Waals surface area contributed by atoms with E-state index in [4.69, 9.17) is 4.42 Å². The molecule has 1 amide bonds. The van der Waals surface area contributed by atoms with E-state index < -0.39 is 11.7 Å². The van der Waals surface area contributed by atoms with Gasteiger partial charge in [-0.15, -0.1) is 0 Å². The number of nitrogens with zero attached hydrogens (tertiary/aromatic N) is 2. The minimum atomic E-state index is -0.566. The van der Waals surface area contributed by atoms with Crippen LogP contribution in [-0.4, -0.2) is 15.9 Å². The van der Waals surface area contributed by atoms with Crippen molar-refractivity contribution in [2.75, 3.05) is 5.32 Å². The standard InChI is InChI=1S/C20H14FN3O2/c1-12-13(20-24-18-17(26-20)10-5-11-22-18)7-4-9-16(12)23-19(25)14-6-2-3-8-15(14)21/h2-11H,1H3,(H,23,25). The summed E-state index contributed by atoms with van der Waals surface area (Å²) in [5, 5.41) is 2.75. The number of carbonyl (C=O) groups is 1. The Hall–Kier alpha value is -3.54. The highest BCUT2D eigenvalue weighted by molar-refractivity contribution is 6.05. The molecule has 128 valence electrons. The van der Waals surface area contributed by atoms with Crippen LogP contribution >= 0.6 is 0 Å². The number of aromatic nitrogens is 2. The van der Waals surface area contributed by atoms with E-state index in [-0.39, 0.29) is 5.56 Å². The first-order valence-electron chi connectivity index (χ1n) is 8.01. The van der Waals surface area contributed by atoms with Gasteiger partial charge in [-0.3, -0.25) is 4.79 Å². The van der Waals surface area contributed by atoms with E-state index in [2.05, 4.69) is 15.3 Å². The number of amides is 1. The summed E-state index contributed by atoms with van der Waals surface area (Å²) >= 11 is 0. The maximum Gasteiger partial charge on any atom is 0.258 e. The van der Waals surface area contributed by atoms with Crippen molar-refractivity contribution in [3.8, 4) is 11.5 Å². The second-order valence-electron chi connectivity index (χ2n) is 5.76. The molecule has 6 heteroatoms. The van der Waals surface area contributed by atoms with Gasteiger partial charge in [0.1, 0.15) is 5.82 Å². The third-order valence-electron chi connectivity index (χ3n) is 4.10. The molecule has 5 nitrogen and oxygen atoms in total. The van der Waals surface area contributed by atoms with Crippen molar-refractivity contribution in [3.63, 3.8) is 0 Å². The minimum absolute atomic E-state index is 0.0108. The highest BCUT2D eigenvalue weighted by atomic mass is 19.1. The summed E-state index contributed by atoms with van der Waals surface area (Å²) in [6, 6.07) is 14.8. The van der Waals surface area contributed by atoms with E-state index in [0.29, 0.717) is 22.8 Å². The quantitative estimate of drug-likeness (QED) is 0.588. The van der Waals surface area contributed by atoms with Gasteiger partial charge >= 0.3 is 0 Å². The van der Waals surface area contributed by atoms with Gasteiger partial charge in [0.2, 0.25) is 5.89 Å². The number of carbonyl (C=O) groups excluding carboxylic acids is 1. The van der Waals surface area contributed by atoms with Gasteiger partial charge in [-0.25, -0.2) is 9.37 Å². The molecule has 0 atom stereocenters. The van der Waals surface area contributed by atoms with Crippen LogP contribution in [0, 0.1) is 12.7 Å². The SMILES string of the molecule is Cc1c(NC(=O)c2ccccc2F)cccc1-c1nc2ncccc2o1. The summed E-state index contributed by atoms with van der Waals surface area (Å²) in [6.07, 6.45) is 1.65. The Balaban J connectivity index is 1.70. The van der Waals surface area contributed by atoms with E-state index in [1.807, 2.05) is 13.0 Å². The lowest BCUT2D eigenvalue weighted by atomic mass is 10.1. The topological polar surface area (TPSA) is 68.0 Å². The molecule has 4 aromatic rings. The van der Waals surface area contributed by atoms with Crippen LogP contribution in [0.3, 0.4) is 0 Å². The van der Waals surface area contributed by atoms with E-state index in [0.717, 1.165) is 11.1 Å². The number of rotatable bonds is 3. The highest BCUT2D eigenvalue weighted by Crippen LogP contribution is 2.30. The first-order valence-corrected chi connectivity index (χ1v) is 8.01. The molecule has 4 rings (SSSR count). The maximum atomic E-state index is 13.8. The Morgan fingerprint density at radius 3 is 2.73 bits per heavy atom. The fraction of sp³-hybridized carbons (Fsp3) is 0.0500. The number of nitrogens with one attached hydrogen (secondary N) is 1. The van der Waals surface area contributed by atoms with Crippen LogP contribution in [0.5, 0.6) is 0 Å². The normalized spacial score (nSPS) is 10.8. The van der Waals surface area contributed by atoms with Crippen molar-refractivity contribution >= 4 is 22.8 Å². The summed E-state index contributed by atoms with van der Waals surface area (Å²) in [6.45, 7) is 1.84. The van der Waals surface area contributed by atoms with Crippen LogP contribution in [0.25, 0.3) is 22.7 Å². The van der Waals surface area contributed by atoms with Crippen molar-refractivity contribution in [1.29, 1.82) is 0 Å². The predicted molar refractivity (Wildman–Crippen MR) is 96.3 cm³/mol. The summed E-state index contributed by atoms with van der Waals surface area (Å²) in [5.74, 6) is -0.662. The zero-order valence-electron chi connectivity index (χ0n) is 13.9. The first kappa shape index (κ1) is 16.0. The number of pyridine rings is 1. The Labute approximate surface area is 148 Å². The smallest absolute Gasteiger partial charge is 0.258 e. The molecule has 2 heterocycles. The number of fused-ring (bicyclic) bond motifs is 1. The van der Waals surface area contributed by atoms with Gasteiger partial charge in [-0.2, -0.15) is 4.98 Å². The second kappa shape index (κ2) is 6.40. The number of hydrogen-bond acceptors (Lipinski definition) is 4. The Morgan fingerprint density at radius 1 is 1.08 bits per heavy atom.